The maximum absolute atomic E-state index is 12.0. The van der Waals surface area contributed by atoms with Crippen molar-refractivity contribution in [1.29, 1.82) is 0 Å². The van der Waals surface area contributed by atoms with Gasteiger partial charge in [0, 0.05) is 12.6 Å². The molecule has 0 fully saturated rings. The first-order valence-corrected chi connectivity index (χ1v) is 7.74. The topological polar surface area (TPSA) is 66.4 Å². The van der Waals surface area contributed by atoms with Crippen molar-refractivity contribution in [3.8, 4) is 0 Å². The molecule has 0 aliphatic rings. The Morgan fingerprint density at radius 2 is 1.83 bits per heavy atom. The molecule has 102 valence electrons. The van der Waals surface area contributed by atoms with Crippen molar-refractivity contribution in [3.63, 3.8) is 0 Å². The molecule has 1 atom stereocenters. The highest BCUT2D eigenvalue weighted by Gasteiger charge is 2.20. The highest BCUT2D eigenvalue weighted by Crippen LogP contribution is 2.10. The number of aliphatic hydroxyl groups excluding tert-OH is 1. The first-order chi connectivity index (χ1) is 8.44. The van der Waals surface area contributed by atoms with Crippen LogP contribution >= 0.6 is 0 Å². The summed E-state index contributed by atoms with van der Waals surface area (Å²) in [5.74, 6) is 0.130. The van der Waals surface area contributed by atoms with Crippen LogP contribution < -0.4 is 4.72 Å². The highest BCUT2D eigenvalue weighted by atomic mass is 32.2. The first-order valence-electron chi connectivity index (χ1n) is 6.09. The zero-order valence-corrected chi connectivity index (χ0v) is 11.7. The van der Waals surface area contributed by atoms with E-state index in [9.17, 15) is 8.42 Å². The van der Waals surface area contributed by atoms with Gasteiger partial charge in [0.1, 0.15) is 0 Å². The molecule has 1 aromatic carbocycles. The largest absolute Gasteiger partial charge is 0.396 e. The lowest BCUT2D eigenvalue weighted by Gasteiger charge is -2.21. The molecule has 0 saturated heterocycles. The van der Waals surface area contributed by atoms with Crippen LogP contribution in [0, 0.1) is 5.92 Å². The minimum atomic E-state index is -3.36. The third kappa shape index (κ3) is 5.16. The van der Waals surface area contributed by atoms with E-state index in [0.29, 0.717) is 6.42 Å². The average molecular weight is 271 g/mol. The van der Waals surface area contributed by atoms with E-state index >= 15 is 0 Å². The van der Waals surface area contributed by atoms with Gasteiger partial charge in [-0.25, -0.2) is 13.1 Å². The fraction of sp³-hybridized carbons (Fsp3) is 0.538. The minimum absolute atomic E-state index is 0.0172. The van der Waals surface area contributed by atoms with Crippen molar-refractivity contribution < 1.29 is 13.5 Å². The zero-order valence-electron chi connectivity index (χ0n) is 10.8. The van der Waals surface area contributed by atoms with E-state index in [1.165, 1.54) is 0 Å². The summed E-state index contributed by atoms with van der Waals surface area (Å²) < 4.78 is 26.6. The fourth-order valence-electron chi connectivity index (χ4n) is 1.73. The molecule has 0 heterocycles. The van der Waals surface area contributed by atoms with Crippen molar-refractivity contribution >= 4 is 10.0 Å². The maximum Gasteiger partial charge on any atom is 0.216 e. The SMILES string of the molecule is CC(C)C(CCO)NS(=O)(=O)Cc1ccccc1. The summed E-state index contributed by atoms with van der Waals surface area (Å²) in [5.41, 5.74) is 0.761. The number of rotatable bonds is 7. The van der Waals surface area contributed by atoms with Gasteiger partial charge in [0.2, 0.25) is 10.0 Å². The Balaban J connectivity index is 2.69. The van der Waals surface area contributed by atoms with E-state index in [1.54, 1.807) is 12.1 Å². The van der Waals surface area contributed by atoms with E-state index < -0.39 is 10.0 Å². The van der Waals surface area contributed by atoms with E-state index in [4.69, 9.17) is 5.11 Å². The third-order valence-electron chi connectivity index (χ3n) is 2.78. The summed E-state index contributed by atoms with van der Waals surface area (Å²) in [6.07, 6.45) is 0.436. The van der Waals surface area contributed by atoms with E-state index in [-0.39, 0.29) is 24.3 Å². The summed E-state index contributed by atoms with van der Waals surface area (Å²) >= 11 is 0. The Morgan fingerprint density at radius 1 is 1.22 bits per heavy atom. The highest BCUT2D eigenvalue weighted by molar-refractivity contribution is 7.88. The smallest absolute Gasteiger partial charge is 0.216 e. The van der Waals surface area contributed by atoms with Crippen LogP contribution in [0.25, 0.3) is 0 Å². The average Bonchev–Trinajstić information content (AvgIpc) is 2.28. The minimum Gasteiger partial charge on any atom is -0.396 e. The molecule has 18 heavy (non-hydrogen) atoms. The van der Waals surface area contributed by atoms with Gasteiger partial charge in [-0.1, -0.05) is 44.2 Å². The maximum atomic E-state index is 12.0. The van der Waals surface area contributed by atoms with Gasteiger partial charge < -0.3 is 5.11 Å². The normalized spacial score (nSPS) is 13.8. The molecule has 0 radical (unpaired) electrons. The van der Waals surface area contributed by atoms with Gasteiger partial charge >= 0.3 is 0 Å². The van der Waals surface area contributed by atoms with Crippen LogP contribution in [0.5, 0.6) is 0 Å². The molecule has 1 unspecified atom stereocenters. The number of hydrogen-bond donors (Lipinski definition) is 2. The lowest BCUT2D eigenvalue weighted by atomic mass is 10.0. The summed E-state index contributed by atoms with van der Waals surface area (Å²) in [6, 6.07) is 8.85. The zero-order chi connectivity index (χ0) is 13.6. The molecule has 0 aromatic heterocycles. The van der Waals surface area contributed by atoms with Crippen molar-refractivity contribution in [3.05, 3.63) is 35.9 Å². The molecule has 0 aliphatic heterocycles. The standard InChI is InChI=1S/C13H21NO3S/c1-11(2)13(8-9-15)14-18(16,17)10-12-6-4-3-5-7-12/h3-7,11,13-15H,8-10H2,1-2H3. The van der Waals surface area contributed by atoms with Gasteiger partial charge in [-0.15, -0.1) is 0 Å². The van der Waals surface area contributed by atoms with Crippen LogP contribution in [0.3, 0.4) is 0 Å². The molecule has 4 nitrogen and oxygen atoms in total. The Morgan fingerprint density at radius 3 is 2.33 bits per heavy atom. The second-order valence-electron chi connectivity index (χ2n) is 4.73. The van der Waals surface area contributed by atoms with Gasteiger partial charge in [-0.3, -0.25) is 0 Å². The predicted octanol–water partition coefficient (Wildman–Crippen LogP) is 1.51. The van der Waals surface area contributed by atoms with E-state index in [1.807, 2.05) is 32.0 Å². The molecule has 0 saturated carbocycles. The molecule has 2 N–H and O–H groups in total. The molecule has 1 rings (SSSR count). The van der Waals surface area contributed by atoms with Crippen LogP contribution in [0.4, 0.5) is 0 Å². The lowest BCUT2D eigenvalue weighted by Crippen LogP contribution is -2.39. The van der Waals surface area contributed by atoms with Crippen LogP contribution in [0.1, 0.15) is 25.8 Å². The Hall–Kier alpha value is -0.910. The molecule has 0 amide bonds. The molecular weight excluding hydrogens is 250 g/mol. The summed E-state index contributed by atoms with van der Waals surface area (Å²) in [4.78, 5) is 0. The fourth-order valence-corrected chi connectivity index (χ4v) is 3.30. The Kier molecular flexibility index (Phi) is 5.78. The molecule has 5 heteroatoms. The van der Waals surface area contributed by atoms with Crippen LogP contribution in [-0.2, 0) is 15.8 Å². The molecule has 0 bridgehead atoms. The predicted molar refractivity (Wildman–Crippen MR) is 72.5 cm³/mol. The summed E-state index contributed by atoms with van der Waals surface area (Å²) in [6.45, 7) is 3.85. The van der Waals surface area contributed by atoms with Gasteiger partial charge in [0.05, 0.1) is 5.75 Å². The van der Waals surface area contributed by atoms with Crippen molar-refractivity contribution in [2.45, 2.75) is 32.1 Å². The molecular formula is C13H21NO3S. The van der Waals surface area contributed by atoms with Gasteiger partial charge in [-0.05, 0) is 17.9 Å². The summed E-state index contributed by atoms with van der Waals surface area (Å²) in [5, 5.41) is 8.94. The van der Waals surface area contributed by atoms with Crippen molar-refractivity contribution in [2.24, 2.45) is 5.92 Å². The monoisotopic (exact) mass is 271 g/mol. The molecule has 0 aliphatic carbocycles. The number of aliphatic hydroxyl groups is 1. The second kappa shape index (κ2) is 6.87. The van der Waals surface area contributed by atoms with Gasteiger partial charge in [0.25, 0.3) is 0 Å². The van der Waals surface area contributed by atoms with Gasteiger partial charge in [0.15, 0.2) is 0 Å². The van der Waals surface area contributed by atoms with E-state index in [2.05, 4.69) is 4.72 Å². The van der Waals surface area contributed by atoms with Gasteiger partial charge in [-0.2, -0.15) is 0 Å². The van der Waals surface area contributed by atoms with Crippen molar-refractivity contribution in [1.82, 2.24) is 4.72 Å². The Bertz CT molecular complexity index is 443. The van der Waals surface area contributed by atoms with Crippen LogP contribution in [0.15, 0.2) is 30.3 Å². The number of sulfonamides is 1. The molecule has 0 spiro atoms. The number of benzene rings is 1. The number of nitrogens with one attached hydrogen (secondary N) is 1. The number of hydrogen-bond acceptors (Lipinski definition) is 3. The second-order valence-corrected chi connectivity index (χ2v) is 6.48. The first kappa shape index (κ1) is 15.1. The lowest BCUT2D eigenvalue weighted by molar-refractivity contribution is 0.256. The van der Waals surface area contributed by atoms with Crippen LogP contribution in [0.2, 0.25) is 0 Å². The van der Waals surface area contributed by atoms with Crippen molar-refractivity contribution in [2.75, 3.05) is 6.61 Å². The Labute approximate surface area is 109 Å². The van der Waals surface area contributed by atoms with E-state index in [0.717, 1.165) is 5.56 Å². The quantitative estimate of drug-likeness (QED) is 0.790. The molecule has 1 aromatic rings. The summed E-state index contributed by atoms with van der Waals surface area (Å²) in [7, 11) is -3.36. The van der Waals surface area contributed by atoms with Crippen LogP contribution in [-0.4, -0.2) is 26.2 Å². The third-order valence-corrected chi connectivity index (χ3v) is 4.15.